The molecule has 0 fully saturated rings. The number of nitrogens with zero attached hydrogens (tertiary/aromatic N) is 1. The number of carboxylic acid groups (broad SMARTS) is 1. The summed E-state index contributed by atoms with van der Waals surface area (Å²) < 4.78 is 5.60. The van der Waals surface area contributed by atoms with Gasteiger partial charge in [-0.25, -0.2) is 4.98 Å². The predicted molar refractivity (Wildman–Crippen MR) is 73.1 cm³/mol. The zero-order valence-electron chi connectivity index (χ0n) is 11.9. The third kappa shape index (κ3) is 4.87. The van der Waals surface area contributed by atoms with Crippen LogP contribution >= 0.6 is 0 Å². The summed E-state index contributed by atoms with van der Waals surface area (Å²) in [5.74, 6) is -0.272. The highest BCUT2D eigenvalue weighted by molar-refractivity contribution is 5.73. The Bertz CT molecular complexity index is 419. The summed E-state index contributed by atoms with van der Waals surface area (Å²) in [7, 11) is 0. The Balaban J connectivity index is 2.74. The molecule has 1 heterocycles. The first kappa shape index (κ1) is 15.4. The number of carboxylic acids is 1. The normalized spacial score (nSPS) is 12.7. The molecule has 0 amide bonds. The smallest absolute Gasteiger partial charge is 0.320 e. The molecule has 5 nitrogen and oxygen atoms in total. The van der Waals surface area contributed by atoms with Crippen LogP contribution in [-0.4, -0.2) is 28.2 Å². The van der Waals surface area contributed by atoms with E-state index in [1.165, 1.54) is 0 Å². The van der Waals surface area contributed by atoms with Crippen LogP contribution in [0.2, 0.25) is 0 Å². The predicted octanol–water partition coefficient (Wildman–Crippen LogP) is 2.07. The van der Waals surface area contributed by atoms with Crippen molar-refractivity contribution in [1.29, 1.82) is 0 Å². The van der Waals surface area contributed by atoms with Crippen LogP contribution in [0.4, 0.5) is 0 Å². The van der Waals surface area contributed by atoms with Gasteiger partial charge in [-0.05, 0) is 25.8 Å². The molecule has 0 aliphatic rings. The van der Waals surface area contributed by atoms with Gasteiger partial charge in [-0.2, -0.15) is 0 Å². The van der Waals surface area contributed by atoms with Gasteiger partial charge in [0.15, 0.2) is 0 Å². The second-order valence-electron chi connectivity index (χ2n) is 5.08. The zero-order valence-corrected chi connectivity index (χ0v) is 11.9. The number of ether oxygens (including phenoxy) is 1. The number of nitrogens with one attached hydrogen (secondary N) is 1. The monoisotopic (exact) mass is 266 g/mol. The average Bonchev–Trinajstić information content (AvgIpc) is 2.29. The third-order valence-corrected chi connectivity index (χ3v) is 2.64. The van der Waals surface area contributed by atoms with E-state index in [0.29, 0.717) is 12.4 Å². The minimum atomic E-state index is -0.842. The molecule has 0 saturated heterocycles. The summed E-state index contributed by atoms with van der Waals surface area (Å²) in [4.78, 5) is 15.3. The van der Waals surface area contributed by atoms with Crippen molar-refractivity contribution in [2.24, 2.45) is 5.92 Å². The van der Waals surface area contributed by atoms with Crippen LogP contribution in [0.5, 0.6) is 5.88 Å². The summed E-state index contributed by atoms with van der Waals surface area (Å²) >= 11 is 0. The Morgan fingerprint density at radius 2 is 2.11 bits per heavy atom. The lowest BCUT2D eigenvalue weighted by Crippen LogP contribution is -2.40. The molecule has 0 radical (unpaired) electrons. The molecule has 0 aliphatic carbocycles. The maximum absolute atomic E-state index is 11.1. The quantitative estimate of drug-likeness (QED) is 0.790. The fourth-order valence-electron chi connectivity index (χ4n) is 1.72. The van der Waals surface area contributed by atoms with Crippen LogP contribution in [0, 0.1) is 5.92 Å². The third-order valence-electron chi connectivity index (χ3n) is 2.64. The first-order valence-corrected chi connectivity index (χ1v) is 6.48. The lowest BCUT2D eigenvalue weighted by atomic mass is 10.0. The van der Waals surface area contributed by atoms with Crippen LogP contribution in [-0.2, 0) is 11.3 Å². The minimum absolute atomic E-state index is 0.0173. The molecule has 0 bridgehead atoms. The van der Waals surface area contributed by atoms with Gasteiger partial charge in [0.2, 0.25) is 5.88 Å². The fraction of sp³-hybridized carbons (Fsp3) is 0.571. The van der Waals surface area contributed by atoms with Gasteiger partial charge in [0, 0.05) is 18.3 Å². The number of hydrogen-bond donors (Lipinski definition) is 2. The SMILES string of the molecule is CC(C)Oc1ncccc1CNC(C(=O)O)C(C)C. The molecule has 0 aromatic carbocycles. The van der Waals surface area contributed by atoms with E-state index >= 15 is 0 Å². The summed E-state index contributed by atoms with van der Waals surface area (Å²) in [6.45, 7) is 8.03. The minimum Gasteiger partial charge on any atom is -0.480 e. The number of rotatable bonds is 7. The molecular formula is C14H22N2O3. The first-order chi connectivity index (χ1) is 8.91. The van der Waals surface area contributed by atoms with E-state index in [9.17, 15) is 4.79 Å². The fourth-order valence-corrected chi connectivity index (χ4v) is 1.72. The molecule has 19 heavy (non-hydrogen) atoms. The summed E-state index contributed by atoms with van der Waals surface area (Å²) in [6, 6.07) is 3.12. The Labute approximate surface area is 114 Å². The van der Waals surface area contributed by atoms with Gasteiger partial charge in [-0.1, -0.05) is 19.9 Å². The van der Waals surface area contributed by atoms with E-state index in [1.54, 1.807) is 6.20 Å². The van der Waals surface area contributed by atoms with Crippen molar-refractivity contribution in [3.05, 3.63) is 23.9 Å². The van der Waals surface area contributed by atoms with Crippen molar-refractivity contribution in [3.8, 4) is 5.88 Å². The van der Waals surface area contributed by atoms with E-state index in [1.807, 2.05) is 39.8 Å². The molecule has 1 rings (SSSR count). The topological polar surface area (TPSA) is 71.5 Å². The van der Waals surface area contributed by atoms with E-state index in [4.69, 9.17) is 9.84 Å². The van der Waals surface area contributed by atoms with Gasteiger partial charge in [0.25, 0.3) is 0 Å². The maximum atomic E-state index is 11.1. The maximum Gasteiger partial charge on any atom is 0.320 e. The summed E-state index contributed by atoms with van der Waals surface area (Å²) in [5.41, 5.74) is 0.864. The highest BCUT2D eigenvalue weighted by Gasteiger charge is 2.21. The van der Waals surface area contributed by atoms with Crippen molar-refractivity contribution >= 4 is 5.97 Å². The molecule has 0 saturated carbocycles. The summed E-state index contributed by atoms with van der Waals surface area (Å²) in [5, 5.41) is 12.2. The number of hydrogen-bond acceptors (Lipinski definition) is 4. The standard InChI is InChI=1S/C14H22N2O3/c1-9(2)12(14(17)18)16-8-11-6-5-7-15-13(11)19-10(3)4/h5-7,9-10,12,16H,8H2,1-4H3,(H,17,18). The van der Waals surface area contributed by atoms with Crippen LogP contribution in [0.25, 0.3) is 0 Å². The van der Waals surface area contributed by atoms with Gasteiger partial charge < -0.3 is 9.84 Å². The van der Waals surface area contributed by atoms with Crippen LogP contribution in [0.3, 0.4) is 0 Å². The Hall–Kier alpha value is -1.62. The Morgan fingerprint density at radius 3 is 2.63 bits per heavy atom. The van der Waals surface area contributed by atoms with Crippen LogP contribution in [0.15, 0.2) is 18.3 Å². The van der Waals surface area contributed by atoms with Gasteiger partial charge in [0.05, 0.1) is 6.10 Å². The number of aliphatic carboxylic acids is 1. The molecule has 1 atom stereocenters. The molecular weight excluding hydrogens is 244 g/mol. The number of aromatic nitrogens is 1. The largest absolute Gasteiger partial charge is 0.480 e. The average molecular weight is 266 g/mol. The van der Waals surface area contributed by atoms with Crippen LogP contribution < -0.4 is 10.1 Å². The van der Waals surface area contributed by atoms with Gasteiger partial charge in [-0.3, -0.25) is 10.1 Å². The molecule has 2 N–H and O–H groups in total. The van der Waals surface area contributed by atoms with Gasteiger partial charge in [-0.15, -0.1) is 0 Å². The second kappa shape index (κ2) is 7.09. The number of pyridine rings is 1. The van der Waals surface area contributed by atoms with E-state index in [-0.39, 0.29) is 12.0 Å². The zero-order chi connectivity index (χ0) is 14.4. The summed E-state index contributed by atoms with van der Waals surface area (Å²) in [6.07, 6.45) is 1.70. The van der Waals surface area contributed by atoms with Gasteiger partial charge in [0.1, 0.15) is 6.04 Å². The Kier molecular flexibility index (Phi) is 5.76. The van der Waals surface area contributed by atoms with Crippen molar-refractivity contribution in [2.75, 3.05) is 0 Å². The van der Waals surface area contributed by atoms with Crippen molar-refractivity contribution in [1.82, 2.24) is 10.3 Å². The van der Waals surface area contributed by atoms with E-state index in [2.05, 4.69) is 10.3 Å². The van der Waals surface area contributed by atoms with Crippen molar-refractivity contribution in [2.45, 2.75) is 46.4 Å². The van der Waals surface area contributed by atoms with Crippen LogP contribution in [0.1, 0.15) is 33.3 Å². The highest BCUT2D eigenvalue weighted by atomic mass is 16.5. The molecule has 1 aromatic rings. The lowest BCUT2D eigenvalue weighted by Gasteiger charge is -2.19. The second-order valence-corrected chi connectivity index (χ2v) is 5.08. The lowest BCUT2D eigenvalue weighted by molar-refractivity contribution is -0.140. The van der Waals surface area contributed by atoms with E-state index < -0.39 is 12.0 Å². The molecule has 1 unspecified atom stereocenters. The molecule has 1 aromatic heterocycles. The van der Waals surface area contributed by atoms with E-state index in [0.717, 1.165) is 5.56 Å². The molecule has 0 aliphatic heterocycles. The van der Waals surface area contributed by atoms with Gasteiger partial charge >= 0.3 is 5.97 Å². The van der Waals surface area contributed by atoms with Crippen molar-refractivity contribution in [3.63, 3.8) is 0 Å². The molecule has 5 heteroatoms. The first-order valence-electron chi connectivity index (χ1n) is 6.48. The van der Waals surface area contributed by atoms with Crippen molar-refractivity contribution < 1.29 is 14.6 Å². The molecule has 0 spiro atoms. The Morgan fingerprint density at radius 1 is 1.42 bits per heavy atom. The highest BCUT2D eigenvalue weighted by Crippen LogP contribution is 2.16. The number of carbonyl (C=O) groups is 1. The molecule has 106 valence electrons.